The van der Waals surface area contributed by atoms with Crippen LogP contribution in [0.5, 0.6) is 5.75 Å². The SMILES string of the molecule is Cc1cccc(NS(=O)(=O)NC(=O)OC(C)C)c1O. The van der Waals surface area contributed by atoms with Crippen LogP contribution in [0.2, 0.25) is 0 Å². The number of carbonyl (C=O) groups excluding carboxylic acids is 1. The Hall–Kier alpha value is -1.96. The molecule has 0 saturated carbocycles. The molecule has 0 aliphatic carbocycles. The number of carbonyl (C=O) groups is 1. The summed E-state index contributed by atoms with van der Waals surface area (Å²) in [6.45, 7) is 4.80. The number of benzene rings is 1. The van der Waals surface area contributed by atoms with Crippen molar-refractivity contribution in [1.82, 2.24) is 4.72 Å². The molecule has 0 heterocycles. The summed E-state index contributed by atoms with van der Waals surface area (Å²) < 4.78 is 31.6. The van der Waals surface area contributed by atoms with Crippen molar-refractivity contribution >= 4 is 22.0 Å². The molecule has 19 heavy (non-hydrogen) atoms. The van der Waals surface area contributed by atoms with E-state index in [1.165, 1.54) is 6.07 Å². The predicted molar refractivity (Wildman–Crippen MR) is 70.1 cm³/mol. The largest absolute Gasteiger partial charge is 0.505 e. The molecule has 7 nitrogen and oxygen atoms in total. The Balaban J connectivity index is 2.80. The number of phenols is 1. The summed E-state index contributed by atoms with van der Waals surface area (Å²) in [5.74, 6) is -0.204. The minimum atomic E-state index is -4.15. The highest BCUT2D eigenvalue weighted by Gasteiger charge is 2.18. The lowest BCUT2D eigenvalue weighted by Gasteiger charge is -2.12. The number of anilines is 1. The molecule has 0 aliphatic rings. The topological polar surface area (TPSA) is 105 Å². The molecule has 1 aromatic rings. The molecule has 0 bridgehead atoms. The fraction of sp³-hybridized carbons (Fsp3) is 0.364. The molecule has 106 valence electrons. The van der Waals surface area contributed by atoms with Crippen LogP contribution in [0.25, 0.3) is 0 Å². The number of ether oxygens (including phenoxy) is 1. The molecule has 0 aromatic heterocycles. The summed E-state index contributed by atoms with van der Waals surface area (Å²) in [5, 5.41) is 9.67. The Morgan fingerprint density at radius 2 is 2.00 bits per heavy atom. The molecule has 0 fully saturated rings. The summed E-state index contributed by atoms with van der Waals surface area (Å²) in [5.41, 5.74) is 0.481. The van der Waals surface area contributed by atoms with Crippen molar-refractivity contribution in [3.8, 4) is 5.75 Å². The van der Waals surface area contributed by atoms with E-state index in [4.69, 9.17) is 0 Å². The van der Waals surface area contributed by atoms with E-state index in [0.717, 1.165) is 0 Å². The van der Waals surface area contributed by atoms with E-state index in [2.05, 4.69) is 4.74 Å². The Kier molecular flexibility index (Phi) is 4.60. The van der Waals surface area contributed by atoms with Crippen molar-refractivity contribution in [3.05, 3.63) is 23.8 Å². The van der Waals surface area contributed by atoms with Gasteiger partial charge >= 0.3 is 16.3 Å². The molecule has 3 N–H and O–H groups in total. The Morgan fingerprint density at radius 1 is 1.37 bits per heavy atom. The van der Waals surface area contributed by atoms with Gasteiger partial charge in [-0.25, -0.2) is 9.52 Å². The lowest BCUT2D eigenvalue weighted by Crippen LogP contribution is -2.36. The molecule has 0 unspecified atom stereocenters. The molecule has 1 amide bonds. The van der Waals surface area contributed by atoms with Crippen molar-refractivity contribution in [3.63, 3.8) is 0 Å². The highest BCUT2D eigenvalue weighted by molar-refractivity contribution is 7.91. The van der Waals surface area contributed by atoms with Gasteiger partial charge in [-0.2, -0.15) is 8.42 Å². The van der Waals surface area contributed by atoms with Gasteiger partial charge in [-0.3, -0.25) is 4.72 Å². The van der Waals surface area contributed by atoms with Gasteiger partial charge in [-0.15, -0.1) is 0 Å². The second kappa shape index (κ2) is 5.79. The molecule has 1 rings (SSSR count). The van der Waals surface area contributed by atoms with Crippen molar-refractivity contribution in [1.29, 1.82) is 0 Å². The quantitative estimate of drug-likeness (QED) is 0.728. The van der Waals surface area contributed by atoms with Crippen LogP contribution in [0, 0.1) is 6.92 Å². The summed E-state index contributed by atoms with van der Waals surface area (Å²) >= 11 is 0. The monoisotopic (exact) mass is 288 g/mol. The van der Waals surface area contributed by atoms with E-state index >= 15 is 0 Å². The number of amides is 1. The fourth-order valence-electron chi connectivity index (χ4n) is 1.26. The van der Waals surface area contributed by atoms with Crippen molar-refractivity contribution < 1.29 is 23.1 Å². The third-order valence-electron chi connectivity index (χ3n) is 2.04. The lowest BCUT2D eigenvalue weighted by atomic mass is 10.2. The summed E-state index contributed by atoms with van der Waals surface area (Å²) in [7, 11) is -4.15. The number of nitrogens with one attached hydrogen (secondary N) is 2. The Morgan fingerprint density at radius 3 is 2.58 bits per heavy atom. The first kappa shape index (κ1) is 15.1. The van der Waals surface area contributed by atoms with Gasteiger partial charge in [0.05, 0.1) is 11.8 Å². The zero-order valence-electron chi connectivity index (χ0n) is 10.8. The second-order valence-corrected chi connectivity index (χ2v) is 5.55. The molecule has 0 spiro atoms. The maximum atomic E-state index is 11.6. The maximum Gasteiger partial charge on any atom is 0.422 e. The maximum absolute atomic E-state index is 11.6. The predicted octanol–water partition coefficient (Wildman–Crippen LogP) is 1.49. The zero-order chi connectivity index (χ0) is 14.6. The van der Waals surface area contributed by atoms with Gasteiger partial charge in [-0.05, 0) is 32.4 Å². The molecule has 0 radical (unpaired) electrons. The van der Waals surface area contributed by atoms with E-state index in [1.54, 1.807) is 37.6 Å². The third-order valence-corrected chi connectivity index (χ3v) is 2.97. The molecule has 0 aliphatic heterocycles. The van der Waals surface area contributed by atoms with Crippen molar-refractivity contribution in [2.45, 2.75) is 26.9 Å². The third kappa shape index (κ3) is 4.66. The smallest absolute Gasteiger partial charge is 0.422 e. The first-order valence-corrected chi connectivity index (χ1v) is 6.99. The Bertz CT molecular complexity index is 568. The molecular weight excluding hydrogens is 272 g/mol. The number of aromatic hydroxyl groups is 1. The standard InChI is InChI=1S/C11H16N2O5S/c1-7(2)18-11(15)13-19(16,17)12-9-6-4-5-8(3)10(9)14/h4-7,12,14H,1-3H3,(H,13,15). The van der Waals surface area contributed by atoms with Gasteiger partial charge in [0.1, 0.15) is 5.75 Å². The van der Waals surface area contributed by atoms with Gasteiger partial charge < -0.3 is 9.84 Å². The summed E-state index contributed by atoms with van der Waals surface area (Å²) in [4.78, 5) is 11.2. The van der Waals surface area contributed by atoms with E-state index in [0.29, 0.717) is 5.56 Å². The molecule has 0 saturated heterocycles. The fourth-order valence-corrected chi connectivity index (χ4v) is 2.03. The normalized spacial score (nSPS) is 11.2. The van der Waals surface area contributed by atoms with Gasteiger partial charge in [0.15, 0.2) is 0 Å². The number of para-hydroxylation sites is 1. The lowest BCUT2D eigenvalue weighted by molar-refractivity contribution is 0.121. The van der Waals surface area contributed by atoms with E-state index in [-0.39, 0.29) is 11.4 Å². The van der Waals surface area contributed by atoms with Crippen LogP contribution < -0.4 is 9.44 Å². The van der Waals surface area contributed by atoms with Crippen molar-refractivity contribution in [2.75, 3.05) is 4.72 Å². The van der Waals surface area contributed by atoms with E-state index < -0.39 is 22.4 Å². The Labute approximate surface area is 111 Å². The second-order valence-electron chi connectivity index (χ2n) is 4.13. The van der Waals surface area contributed by atoms with Crippen LogP contribution in [-0.4, -0.2) is 25.7 Å². The van der Waals surface area contributed by atoms with Crippen LogP contribution in [0.15, 0.2) is 18.2 Å². The zero-order valence-corrected chi connectivity index (χ0v) is 11.6. The van der Waals surface area contributed by atoms with E-state index in [9.17, 15) is 18.3 Å². The first-order valence-electron chi connectivity index (χ1n) is 5.51. The number of hydrogen-bond donors (Lipinski definition) is 3. The summed E-state index contributed by atoms with van der Waals surface area (Å²) in [6, 6.07) is 4.56. The van der Waals surface area contributed by atoms with Crippen molar-refractivity contribution in [2.24, 2.45) is 0 Å². The minimum absolute atomic E-state index is 0.0233. The van der Waals surface area contributed by atoms with Gasteiger partial charge in [0.25, 0.3) is 0 Å². The molecule has 8 heteroatoms. The molecular formula is C11H16N2O5S. The van der Waals surface area contributed by atoms with Crippen LogP contribution in [0.1, 0.15) is 19.4 Å². The van der Waals surface area contributed by atoms with Crippen LogP contribution in [0.3, 0.4) is 0 Å². The number of hydrogen-bond acceptors (Lipinski definition) is 5. The van der Waals surface area contributed by atoms with Crippen LogP contribution >= 0.6 is 0 Å². The molecule has 0 atom stereocenters. The van der Waals surface area contributed by atoms with Gasteiger partial charge in [0.2, 0.25) is 0 Å². The van der Waals surface area contributed by atoms with Gasteiger partial charge in [-0.1, -0.05) is 12.1 Å². The average molecular weight is 288 g/mol. The number of aryl methyl sites for hydroxylation is 1. The first-order chi connectivity index (χ1) is 8.71. The molecule has 1 aromatic carbocycles. The van der Waals surface area contributed by atoms with E-state index in [1.807, 2.05) is 4.72 Å². The van der Waals surface area contributed by atoms with Gasteiger partial charge in [0, 0.05) is 0 Å². The van der Waals surface area contributed by atoms with Crippen LogP contribution in [-0.2, 0) is 14.9 Å². The highest BCUT2D eigenvalue weighted by atomic mass is 32.2. The number of rotatable bonds is 4. The minimum Gasteiger partial charge on any atom is -0.505 e. The highest BCUT2D eigenvalue weighted by Crippen LogP contribution is 2.26. The van der Waals surface area contributed by atoms with Crippen LogP contribution in [0.4, 0.5) is 10.5 Å². The summed E-state index contributed by atoms with van der Waals surface area (Å²) in [6.07, 6.45) is -1.53. The number of phenolic OH excluding ortho intramolecular Hbond substituents is 1. The average Bonchev–Trinajstić information content (AvgIpc) is 2.22.